The maximum absolute atomic E-state index is 13.1. The molecular weight excluding hydrogens is 494 g/mol. The molecule has 0 bridgehead atoms. The van der Waals surface area contributed by atoms with Gasteiger partial charge in [0.1, 0.15) is 0 Å². The maximum Gasteiger partial charge on any atom is 0.416 e. The van der Waals surface area contributed by atoms with Crippen molar-refractivity contribution < 1.29 is 31.1 Å². The van der Waals surface area contributed by atoms with E-state index in [9.17, 15) is 31.1 Å². The van der Waals surface area contributed by atoms with Crippen molar-refractivity contribution >= 4 is 37.6 Å². The number of benzene rings is 2. The second-order valence-corrected chi connectivity index (χ2v) is 7.41. The Bertz CT molecular complexity index is 813. The summed E-state index contributed by atoms with van der Waals surface area (Å²) in [7, 11) is 0. The lowest BCUT2D eigenvalue weighted by atomic mass is 9.91. The van der Waals surface area contributed by atoms with Gasteiger partial charge in [0.25, 0.3) is 0 Å². The Morgan fingerprint density at radius 2 is 1.04 bits per heavy atom. The number of carbonyl (C=O) groups excluding carboxylic acids is 1. The van der Waals surface area contributed by atoms with Gasteiger partial charge >= 0.3 is 12.4 Å². The number of rotatable bonds is 2. The summed E-state index contributed by atoms with van der Waals surface area (Å²) in [6.45, 7) is 2.22. The number of alkyl halides is 6. The fourth-order valence-corrected chi connectivity index (χ4v) is 3.48. The Morgan fingerprint density at radius 3 is 1.31 bits per heavy atom. The highest BCUT2D eigenvalue weighted by Gasteiger charge is 2.36. The summed E-state index contributed by atoms with van der Waals surface area (Å²) in [6, 6.07) is 3.98. The van der Waals surface area contributed by atoms with Crippen LogP contribution in [-0.2, 0) is 12.4 Å². The van der Waals surface area contributed by atoms with Gasteiger partial charge in [-0.1, -0.05) is 31.9 Å². The summed E-state index contributed by atoms with van der Waals surface area (Å²) >= 11 is 5.84. The van der Waals surface area contributed by atoms with E-state index in [1.165, 1.54) is 12.1 Å². The molecule has 140 valence electrons. The number of hydrogen-bond donors (Lipinski definition) is 0. The van der Waals surface area contributed by atoms with E-state index < -0.39 is 29.3 Å². The zero-order chi connectivity index (χ0) is 20.0. The van der Waals surface area contributed by atoms with Crippen LogP contribution in [0.1, 0.15) is 38.2 Å². The van der Waals surface area contributed by atoms with E-state index >= 15 is 0 Å². The predicted molar refractivity (Wildman–Crippen MR) is 91.2 cm³/mol. The lowest BCUT2D eigenvalue weighted by Crippen LogP contribution is -2.15. The van der Waals surface area contributed by atoms with E-state index in [0.717, 1.165) is 26.0 Å². The Balaban J connectivity index is 2.72. The summed E-state index contributed by atoms with van der Waals surface area (Å²) in [5.74, 6) is -0.918. The predicted octanol–water partition coefficient (Wildman–Crippen LogP) is 7.10. The van der Waals surface area contributed by atoms with Crippen molar-refractivity contribution in [1.29, 1.82) is 0 Å². The van der Waals surface area contributed by atoms with Gasteiger partial charge in [-0.15, -0.1) is 0 Å². The molecule has 26 heavy (non-hydrogen) atoms. The minimum atomic E-state index is -4.70. The largest absolute Gasteiger partial charge is 0.416 e. The van der Waals surface area contributed by atoms with Crippen molar-refractivity contribution in [1.82, 2.24) is 0 Å². The molecule has 0 aromatic heterocycles. The zero-order valence-corrected chi connectivity index (χ0v) is 16.4. The smallest absolute Gasteiger partial charge is 0.289 e. The van der Waals surface area contributed by atoms with E-state index in [0.29, 0.717) is 0 Å². The molecule has 0 fully saturated rings. The summed E-state index contributed by atoms with van der Waals surface area (Å²) in [6.07, 6.45) is -9.40. The number of halogens is 8. The van der Waals surface area contributed by atoms with E-state index in [4.69, 9.17) is 0 Å². The first-order chi connectivity index (χ1) is 11.7. The molecule has 0 heterocycles. The highest BCUT2D eigenvalue weighted by molar-refractivity contribution is 9.10. The third-order valence-corrected chi connectivity index (χ3v) is 4.76. The average Bonchev–Trinajstić information content (AvgIpc) is 2.48. The first kappa shape index (κ1) is 21.0. The highest BCUT2D eigenvalue weighted by Crippen LogP contribution is 2.38. The molecule has 0 spiro atoms. The molecule has 1 nitrogen and oxygen atoms in total. The molecule has 0 aliphatic carbocycles. The zero-order valence-electron chi connectivity index (χ0n) is 13.2. The first-order valence-electron chi connectivity index (χ1n) is 7.03. The monoisotopic (exact) mass is 502 g/mol. The summed E-state index contributed by atoms with van der Waals surface area (Å²) < 4.78 is 78.9. The molecule has 0 saturated heterocycles. The van der Waals surface area contributed by atoms with Gasteiger partial charge in [-0.05, 0) is 49.2 Å². The number of carbonyl (C=O) groups is 1. The third-order valence-electron chi connectivity index (χ3n) is 3.84. The van der Waals surface area contributed by atoms with Gasteiger partial charge in [0.05, 0.1) is 11.1 Å². The minimum absolute atomic E-state index is 0.00229. The van der Waals surface area contributed by atoms with Gasteiger partial charge in [-0.25, -0.2) is 0 Å². The molecule has 0 saturated carbocycles. The van der Waals surface area contributed by atoms with Crippen LogP contribution >= 0.6 is 31.9 Å². The molecule has 2 aromatic rings. The molecular formula is C17H10Br2F6O. The van der Waals surface area contributed by atoms with Gasteiger partial charge in [0.2, 0.25) is 0 Å². The molecule has 0 aliphatic heterocycles. The molecule has 0 aliphatic rings. The summed E-state index contributed by atoms with van der Waals surface area (Å²) in [4.78, 5) is 12.8. The number of hydrogen-bond acceptors (Lipinski definition) is 1. The van der Waals surface area contributed by atoms with Gasteiger partial charge in [0, 0.05) is 20.1 Å². The Kier molecular flexibility index (Phi) is 5.64. The van der Waals surface area contributed by atoms with E-state index in [2.05, 4.69) is 31.9 Å². The quantitative estimate of drug-likeness (QED) is 0.315. The van der Waals surface area contributed by atoms with Crippen LogP contribution in [0.5, 0.6) is 0 Å². The fraction of sp³-hybridized carbons (Fsp3) is 0.235. The summed E-state index contributed by atoms with van der Waals surface area (Å²) in [5, 5.41) is 0. The van der Waals surface area contributed by atoms with E-state index in [1.54, 1.807) is 0 Å². The van der Waals surface area contributed by atoms with Crippen molar-refractivity contribution in [2.45, 2.75) is 26.2 Å². The van der Waals surface area contributed by atoms with Crippen molar-refractivity contribution in [2.24, 2.45) is 0 Å². The molecule has 0 radical (unpaired) electrons. The second kappa shape index (κ2) is 6.99. The molecule has 0 atom stereocenters. The molecule has 0 unspecified atom stereocenters. The Labute approximate surface area is 161 Å². The fourth-order valence-electron chi connectivity index (χ4n) is 2.56. The molecule has 9 heteroatoms. The van der Waals surface area contributed by atoms with Crippen LogP contribution < -0.4 is 0 Å². The van der Waals surface area contributed by atoms with Crippen LogP contribution in [0.2, 0.25) is 0 Å². The van der Waals surface area contributed by atoms with Crippen molar-refractivity contribution in [3.05, 3.63) is 66.6 Å². The van der Waals surface area contributed by atoms with Gasteiger partial charge in [-0.3, -0.25) is 4.79 Å². The van der Waals surface area contributed by atoms with Crippen LogP contribution in [0.15, 0.2) is 33.2 Å². The Hall–Kier alpha value is -1.35. The molecule has 2 rings (SSSR count). The lowest BCUT2D eigenvalue weighted by molar-refractivity contribution is -0.138. The highest BCUT2D eigenvalue weighted by atomic mass is 79.9. The van der Waals surface area contributed by atoms with Gasteiger partial charge in [0.15, 0.2) is 5.78 Å². The maximum atomic E-state index is 13.1. The topological polar surface area (TPSA) is 17.1 Å². The molecule has 0 amide bonds. The minimum Gasteiger partial charge on any atom is -0.289 e. The molecule has 2 aromatic carbocycles. The summed E-state index contributed by atoms with van der Waals surface area (Å²) in [5.41, 5.74) is -3.39. The molecule has 0 N–H and O–H groups in total. The van der Waals surface area contributed by atoms with Crippen molar-refractivity contribution in [3.63, 3.8) is 0 Å². The van der Waals surface area contributed by atoms with Gasteiger partial charge < -0.3 is 0 Å². The van der Waals surface area contributed by atoms with E-state index in [1.807, 2.05) is 0 Å². The van der Waals surface area contributed by atoms with Crippen LogP contribution in [0.3, 0.4) is 0 Å². The van der Waals surface area contributed by atoms with Crippen LogP contribution in [0.4, 0.5) is 26.3 Å². The van der Waals surface area contributed by atoms with Crippen LogP contribution in [0, 0.1) is 13.8 Å². The average molecular weight is 504 g/mol. The lowest BCUT2D eigenvalue weighted by Gasteiger charge is -2.17. The SMILES string of the molecule is Cc1c(C(=O)c2cc(Br)cc(C(F)(F)F)c2C)cc(Br)cc1C(F)(F)F. The van der Waals surface area contributed by atoms with Crippen LogP contribution in [0.25, 0.3) is 0 Å². The van der Waals surface area contributed by atoms with E-state index in [-0.39, 0.29) is 31.2 Å². The van der Waals surface area contributed by atoms with Crippen LogP contribution in [-0.4, -0.2) is 5.78 Å². The van der Waals surface area contributed by atoms with Crippen molar-refractivity contribution in [3.8, 4) is 0 Å². The second-order valence-electron chi connectivity index (χ2n) is 5.58. The van der Waals surface area contributed by atoms with Crippen molar-refractivity contribution in [2.75, 3.05) is 0 Å². The number of ketones is 1. The Morgan fingerprint density at radius 1 is 0.731 bits per heavy atom. The first-order valence-corrected chi connectivity index (χ1v) is 8.61. The van der Waals surface area contributed by atoms with Gasteiger partial charge in [-0.2, -0.15) is 26.3 Å². The third kappa shape index (κ3) is 4.14. The normalized spacial score (nSPS) is 12.4. The standard InChI is InChI=1S/C17H10Br2F6O/c1-7-11(3-9(18)5-13(7)16(20,21)22)15(26)12-4-10(19)6-14(8(12)2)17(23,24)25/h3-6H,1-2H3.